The van der Waals surface area contributed by atoms with Crippen molar-refractivity contribution in [2.75, 3.05) is 17.2 Å². The lowest BCUT2D eigenvalue weighted by atomic mass is 9.94. The van der Waals surface area contributed by atoms with Gasteiger partial charge in [-0.05, 0) is 91.0 Å². The predicted octanol–water partition coefficient (Wildman–Crippen LogP) is 8.67. The van der Waals surface area contributed by atoms with Gasteiger partial charge in [0, 0.05) is 30.0 Å². The second-order valence-electron chi connectivity index (χ2n) is 12.2. The highest BCUT2D eigenvalue weighted by Crippen LogP contribution is 2.41. The molecular weight excluding hydrogens is 611 g/mol. The number of aliphatic imine (C=N–C) groups is 1. The quantitative estimate of drug-likeness (QED) is 0.191. The summed E-state index contributed by atoms with van der Waals surface area (Å²) in [6.07, 6.45) is 0.213. The standard InChI is InChI=1S/C35H36F3N5O2S/c1-22(2)32-23(3)5-4-6-30(32)42-17-18-46-34(42)40-31(44)20-24-7-8-27(19-24)25-9-11-26(12-10-25)33-39-21-43(41-33)28-13-15-29(16-14-28)45-35(36,37)38/h4-6,9-16,21-22,24,27H,7-8,17-20H2,1-3H3. The second-order valence-corrected chi connectivity index (χ2v) is 13.3. The van der Waals surface area contributed by atoms with E-state index in [0.29, 0.717) is 35.7 Å². The Kier molecular flexibility index (Phi) is 9.22. The molecule has 1 aliphatic heterocycles. The highest BCUT2D eigenvalue weighted by atomic mass is 32.2. The normalized spacial score (nSPS) is 19.4. The van der Waals surface area contributed by atoms with E-state index in [1.54, 1.807) is 11.8 Å². The Bertz CT molecular complexity index is 1720. The number of rotatable bonds is 8. The first kappa shape index (κ1) is 31.8. The Morgan fingerprint density at radius 3 is 2.54 bits per heavy atom. The summed E-state index contributed by atoms with van der Waals surface area (Å²) in [5.41, 5.74) is 6.36. The summed E-state index contributed by atoms with van der Waals surface area (Å²) in [6, 6.07) is 20.0. The third-order valence-electron chi connectivity index (χ3n) is 8.64. The maximum absolute atomic E-state index is 13.1. The number of thioether (sulfide) groups is 1. The minimum absolute atomic E-state index is 0.0432. The smallest absolute Gasteiger partial charge is 0.406 e. The number of carbonyl (C=O) groups is 1. The van der Waals surface area contributed by atoms with Crippen LogP contribution in [0.5, 0.6) is 5.75 Å². The Morgan fingerprint density at radius 1 is 1.07 bits per heavy atom. The van der Waals surface area contributed by atoms with E-state index >= 15 is 0 Å². The summed E-state index contributed by atoms with van der Waals surface area (Å²) in [6.45, 7) is 7.41. The van der Waals surface area contributed by atoms with Gasteiger partial charge in [-0.1, -0.05) is 62.0 Å². The number of aryl methyl sites for hydroxylation is 1. The SMILES string of the molecule is Cc1cccc(N2CCSC2=NC(=O)CC2CCC(c3ccc(-c4ncn(-c5ccc(OC(F)(F)F)cc5)n4)cc3)C2)c1C(C)C. The van der Waals surface area contributed by atoms with Gasteiger partial charge in [-0.2, -0.15) is 4.99 Å². The van der Waals surface area contributed by atoms with Crippen LogP contribution in [-0.4, -0.2) is 44.5 Å². The zero-order valence-corrected chi connectivity index (χ0v) is 26.8. The van der Waals surface area contributed by atoms with Gasteiger partial charge in [0.05, 0.1) is 5.69 Å². The molecule has 2 fully saturated rings. The molecule has 2 unspecified atom stereocenters. The van der Waals surface area contributed by atoms with Gasteiger partial charge in [0.15, 0.2) is 11.0 Å². The average Bonchev–Trinajstić information content (AvgIpc) is 3.78. The van der Waals surface area contributed by atoms with E-state index in [9.17, 15) is 18.0 Å². The molecule has 2 heterocycles. The molecule has 2 atom stereocenters. The maximum Gasteiger partial charge on any atom is 0.573 e. The van der Waals surface area contributed by atoms with Crippen molar-refractivity contribution in [3.05, 3.63) is 89.7 Å². The summed E-state index contributed by atoms with van der Waals surface area (Å²) in [7, 11) is 0. The molecule has 7 nitrogen and oxygen atoms in total. The molecule has 240 valence electrons. The van der Waals surface area contributed by atoms with Gasteiger partial charge < -0.3 is 9.64 Å². The first-order valence-electron chi connectivity index (χ1n) is 15.5. The molecule has 0 N–H and O–H groups in total. The fourth-order valence-electron chi connectivity index (χ4n) is 6.56. The molecule has 1 amide bonds. The van der Waals surface area contributed by atoms with E-state index < -0.39 is 6.36 Å². The molecular formula is C35H36F3N5O2S. The topological polar surface area (TPSA) is 72.6 Å². The molecule has 1 saturated carbocycles. The highest BCUT2D eigenvalue weighted by molar-refractivity contribution is 8.14. The van der Waals surface area contributed by atoms with Crippen molar-refractivity contribution in [2.45, 2.75) is 64.7 Å². The minimum atomic E-state index is -4.74. The average molecular weight is 648 g/mol. The lowest BCUT2D eigenvalue weighted by Gasteiger charge is -2.24. The summed E-state index contributed by atoms with van der Waals surface area (Å²) in [5, 5.41) is 5.31. The van der Waals surface area contributed by atoms with Crippen LogP contribution in [0.1, 0.15) is 68.1 Å². The lowest BCUT2D eigenvalue weighted by molar-refractivity contribution is -0.274. The fraction of sp³-hybridized carbons (Fsp3) is 0.371. The third-order valence-corrected chi connectivity index (χ3v) is 9.59. The van der Waals surface area contributed by atoms with Gasteiger partial charge >= 0.3 is 6.36 Å². The van der Waals surface area contributed by atoms with E-state index in [4.69, 9.17) is 0 Å². The van der Waals surface area contributed by atoms with Gasteiger partial charge in [-0.3, -0.25) is 4.79 Å². The Balaban J connectivity index is 1.06. The monoisotopic (exact) mass is 647 g/mol. The molecule has 4 aromatic rings. The van der Waals surface area contributed by atoms with Gasteiger partial charge in [0.25, 0.3) is 0 Å². The van der Waals surface area contributed by atoms with Crippen LogP contribution in [0.15, 0.2) is 78.0 Å². The number of ether oxygens (including phenoxy) is 1. The van der Waals surface area contributed by atoms with E-state index in [1.807, 2.05) is 12.1 Å². The van der Waals surface area contributed by atoms with Crippen molar-refractivity contribution in [3.8, 4) is 22.8 Å². The number of carbonyl (C=O) groups excluding carboxylic acids is 1. The van der Waals surface area contributed by atoms with Crippen LogP contribution in [0.4, 0.5) is 18.9 Å². The number of benzene rings is 3. The van der Waals surface area contributed by atoms with Gasteiger partial charge in [-0.25, -0.2) is 9.67 Å². The van der Waals surface area contributed by atoms with E-state index in [1.165, 1.54) is 52.0 Å². The molecule has 11 heteroatoms. The molecule has 0 spiro atoms. The van der Waals surface area contributed by atoms with Crippen LogP contribution in [0.25, 0.3) is 17.1 Å². The maximum atomic E-state index is 13.1. The number of aromatic nitrogens is 3. The molecule has 46 heavy (non-hydrogen) atoms. The van der Waals surface area contributed by atoms with E-state index in [-0.39, 0.29) is 11.7 Å². The molecule has 0 radical (unpaired) electrons. The van der Waals surface area contributed by atoms with Crippen LogP contribution in [-0.2, 0) is 4.79 Å². The number of hydrogen-bond acceptors (Lipinski definition) is 5. The molecule has 3 aromatic carbocycles. The van der Waals surface area contributed by atoms with Gasteiger partial charge in [0.2, 0.25) is 5.91 Å². The van der Waals surface area contributed by atoms with Crippen LogP contribution in [0.3, 0.4) is 0 Å². The molecule has 1 saturated heterocycles. The van der Waals surface area contributed by atoms with E-state index in [0.717, 1.165) is 48.0 Å². The molecule has 1 aliphatic carbocycles. The van der Waals surface area contributed by atoms with Crippen molar-refractivity contribution in [1.29, 1.82) is 0 Å². The largest absolute Gasteiger partial charge is 0.573 e. The summed E-state index contributed by atoms with van der Waals surface area (Å²) < 4.78 is 42.8. The minimum Gasteiger partial charge on any atom is -0.406 e. The Morgan fingerprint density at radius 2 is 1.83 bits per heavy atom. The molecule has 1 aromatic heterocycles. The van der Waals surface area contributed by atoms with Gasteiger partial charge in [0.1, 0.15) is 12.1 Å². The van der Waals surface area contributed by atoms with Crippen LogP contribution < -0.4 is 9.64 Å². The third kappa shape index (κ3) is 7.30. The molecule has 6 rings (SSSR count). The van der Waals surface area contributed by atoms with Crippen molar-refractivity contribution in [2.24, 2.45) is 10.9 Å². The first-order chi connectivity index (χ1) is 22.0. The van der Waals surface area contributed by atoms with Crippen LogP contribution in [0, 0.1) is 12.8 Å². The zero-order chi connectivity index (χ0) is 32.4. The predicted molar refractivity (Wildman–Crippen MR) is 176 cm³/mol. The molecule has 2 aliphatic rings. The number of alkyl halides is 3. The fourth-order valence-corrected chi connectivity index (χ4v) is 7.52. The van der Waals surface area contributed by atoms with Crippen molar-refractivity contribution >= 4 is 28.5 Å². The van der Waals surface area contributed by atoms with Crippen LogP contribution in [0.2, 0.25) is 0 Å². The highest BCUT2D eigenvalue weighted by Gasteiger charge is 2.31. The summed E-state index contributed by atoms with van der Waals surface area (Å²) in [4.78, 5) is 24.4. The number of hydrogen-bond donors (Lipinski definition) is 0. The number of amidine groups is 1. The second kappa shape index (κ2) is 13.3. The van der Waals surface area contributed by atoms with E-state index in [2.05, 4.69) is 75.8 Å². The number of halogens is 3. The zero-order valence-electron chi connectivity index (χ0n) is 26.0. The molecule has 0 bridgehead atoms. The number of amides is 1. The number of nitrogens with zero attached hydrogens (tertiary/aromatic N) is 5. The van der Waals surface area contributed by atoms with Crippen molar-refractivity contribution in [3.63, 3.8) is 0 Å². The first-order valence-corrected chi connectivity index (χ1v) is 16.5. The van der Waals surface area contributed by atoms with Gasteiger partial charge in [-0.15, -0.1) is 18.3 Å². The van der Waals surface area contributed by atoms with Crippen molar-refractivity contribution in [1.82, 2.24) is 14.8 Å². The lowest BCUT2D eigenvalue weighted by Crippen LogP contribution is -2.26. The Labute approximate surface area is 270 Å². The van der Waals surface area contributed by atoms with Crippen LogP contribution >= 0.6 is 11.8 Å². The Hall–Kier alpha value is -4.12. The number of anilines is 1. The summed E-state index contributed by atoms with van der Waals surface area (Å²) in [5.74, 6) is 2.16. The van der Waals surface area contributed by atoms with Crippen molar-refractivity contribution < 1.29 is 22.7 Å². The summed E-state index contributed by atoms with van der Waals surface area (Å²) >= 11 is 1.66.